The lowest BCUT2D eigenvalue weighted by atomic mass is 10.3. The molecule has 1 atom stereocenters. The largest absolute Gasteiger partial charge is 0.355 e. The van der Waals surface area contributed by atoms with Crippen LogP contribution in [0.5, 0.6) is 0 Å². The van der Waals surface area contributed by atoms with E-state index < -0.39 is 0 Å². The van der Waals surface area contributed by atoms with Crippen molar-refractivity contribution in [3.8, 4) is 0 Å². The van der Waals surface area contributed by atoms with Crippen molar-refractivity contribution in [1.29, 1.82) is 0 Å². The Labute approximate surface area is 165 Å². The molecular weight excluding hydrogens is 435 g/mol. The molecule has 134 valence electrons. The SMILES string of the molecule is CCCN=C(NCCn1cnnc1CC)NC(C)c1cccs1.I. The van der Waals surface area contributed by atoms with E-state index in [0.29, 0.717) is 0 Å². The molecule has 24 heavy (non-hydrogen) atoms. The number of nitrogens with zero attached hydrogens (tertiary/aromatic N) is 4. The van der Waals surface area contributed by atoms with E-state index in [1.54, 1.807) is 17.7 Å². The van der Waals surface area contributed by atoms with Crippen LogP contribution >= 0.6 is 35.3 Å². The molecule has 0 aliphatic rings. The van der Waals surface area contributed by atoms with Crippen LogP contribution in [-0.2, 0) is 13.0 Å². The van der Waals surface area contributed by atoms with Crippen LogP contribution in [0, 0.1) is 0 Å². The Morgan fingerprint density at radius 1 is 1.42 bits per heavy atom. The quantitative estimate of drug-likeness (QED) is 0.359. The van der Waals surface area contributed by atoms with Crippen LogP contribution in [0.3, 0.4) is 0 Å². The lowest BCUT2D eigenvalue weighted by molar-refractivity contribution is 0.620. The van der Waals surface area contributed by atoms with Crippen molar-refractivity contribution >= 4 is 41.3 Å². The summed E-state index contributed by atoms with van der Waals surface area (Å²) in [4.78, 5) is 5.92. The molecule has 2 rings (SSSR count). The van der Waals surface area contributed by atoms with Gasteiger partial charge in [0.2, 0.25) is 0 Å². The molecule has 0 saturated carbocycles. The fourth-order valence-electron chi connectivity index (χ4n) is 2.22. The average Bonchev–Trinajstić information content (AvgIpc) is 3.23. The van der Waals surface area contributed by atoms with Gasteiger partial charge in [0.25, 0.3) is 0 Å². The van der Waals surface area contributed by atoms with Crippen LogP contribution in [-0.4, -0.2) is 33.8 Å². The van der Waals surface area contributed by atoms with Crippen molar-refractivity contribution < 1.29 is 0 Å². The zero-order valence-electron chi connectivity index (χ0n) is 14.5. The van der Waals surface area contributed by atoms with Gasteiger partial charge in [0.1, 0.15) is 12.2 Å². The number of thiophene rings is 1. The zero-order chi connectivity index (χ0) is 16.5. The maximum Gasteiger partial charge on any atom is 0.191 e. The number of hydrogen-bond donors (Lipinski definition) is 2. The van der Waals surface area contributed by atoms with Crippen molar-refractivity contribution in [2.75, 3.05) is 13.1 Å². The molecule has 6 nitrogen and oxygen atoms in total. The second kappa shape index (κ2) is 11.4. The highest BCUT2D eigenvalue weighted by Gasteiger charge is 2.09. The zero-order valence-corrected chi connectivity index (χ0v) is 17.7. The minimum absolute atomic E-state index is 0. The van der Waals surface area contributed by atoms with Gasteiger partial charge in [-0.25, -0.2) is 0 Å². The van der Waals surface area contributed by atoms with E-state index in [2.05, 4.69) is 68.7 Å². The van der Waals surface area contributed by atoms with Crippen molar-refractivity contribution in [1.82, 2.24) is 25.4 Å². The first kappa shape index (κ1) is 20.9. The van der Waals surface area contributed by atoms with Crippen LogP contribution in [0.1, 0.15) is 43.9 Å². The number of aliphatic imine (C=N–C) groups is 1. The fraction of sp³-hybridized carbons (Fsp3) is 0.562. The summed E-state index contributed by atoms with van der Waals surface area (Å²) < 4.78 is 2.08. The first-order chi connectivity index (χ1) is 11.2. The Morgan fingerprint density at radius 2 is 2.25 bits per heavy atom. The number of guanidine groups is 1. The molecule has 0 aliphatic carbocycles. The molecule has 0 saturated heterocycles. The molecule has 2 aromatic rings. The summed E-state index contributed by atoms with van der Waals surface area (Å²) >= 11 is 1.76. The highest BCUT2D eigenvalue weighted by molar-refractivity contribution is 14.0. The summed E-state index contributed by atoms with van der Waals surface area (Å²) in [5.41, 5.74) is 0. The number of rotatable bonds is 8. The summed E-state index contributed by atoms with van der Waals surface area (Å²) in [7, 11) is 0. The third-order valence-electron chi connectivity index (χ3n) is 3.47. The molecule has 2 N–H and O–H groups in total. The van der Waals surface area contributed by atoms with Crippen molar-refractivity contribution in [2.45, 2.75) is 46.2 Å². The molecule has 2 aromatic heterocycles. The van der Waals surface area contributed by atoms with Crippen molar-refractivity contribution in [3.05, 3.63) is 34.5 Å². The van der Waals surface area contributed by atoms with Gasteiger partial charge in [0, 0.05) is 30.9 Å². The van der Waals surface area contributed by atoms with E-state index in [0.717, 1.165) is 44.3 Å². The monoisotopic (exact) mass is 462 g/mol. The normalized spacial score (nSPS) is 12.5. The molecule has 8 heteroatoms. The lowest BCUT2D eigenvalue weighted by Gasteiger charge is -2.17. The predicted octanol–water partition coefficient (Wildman–Crippen LogP) is 3.23. The molecule has 0 fully saturated rings. The minimum Gasteiger partial charge on any atom is -0.355 e. The topological polar surface area (TPSA) is 67.1 Å². The first-order valence-corrected chi connectivity index (χ1v) is 9.07. The van der Waals surface area contributed by atoms with Crippen LogP contribution in [0.25, 0.3) is 0 Å². The molecule has 1 unspecified atom stereocenters. The first-order valence-electron chi connectivity index (χ1n) is 8.19. The van der Waals surface area contributed by atoms with Gasteiger partial charge < -0.3 is 15.2 Å². The summed E-state index contributed by atoms with van der Waals surface area (Å²) in [5.74, 6) is 1.87. The van der Waals surface area contributed by atoms with E-state index in [4.69, 9.17) is 0 Å². The van der Waals surface area contributed by atoms with Gasteiger partial charge in [-0.3, -0.25) is 4.99 Å². The highest BCUT2D eigenvalue weighted by atomic mass is 127. The standard InChI is InChI=1S/C16H26N6S.HI/c1-4-8-17-16(20-13(3)14-7-6-11-23-14)18-9-10-22-12-19-21-15(22)5-2;/h6-7,11-13H,4-5,8-10H2,1-3H3,(H2,17,18,20);1H. The Balaban J connectivity index is 0.00000288. The minimum atomic E-state index is 0. The second-order valence-corrected chi connectivity index (χ2v) is 6.31. The summed E-state index contributed by atoms with van der Waals surface area (Å²) in [6.45, 7) is 8.82. The van der Waals surface area contributed by atoms with E-state index in [-0.39, 0.29) is 30.0 Å². The summed E-state index contributed by atoms with van der Waals surface area (Å²) in [5, 5.41) is 17.0. The molecule has 0 bridgehead atoms. The number of aromatic nitrogens is 3. The van der Waals surface area contributed by atoms with Crippen LogP contribution in [0.4, 0.5) is 0 Å². The smallest absolute Gasteiger partial charge is 0.191 e. The van der Waals surface area contributed by atoms with Gasteiger partial charge in [0.15, 0.2) is 5.96 Å². The Hall–Kier alpha value is -1.16. The Morgan fingerprint density at radius 3 is 2.92 bits per heavy atom. The van der Waals surface area contributed by atoms with Gasteiger partial charge in [-0.05, 0) is 24.8 Å². The van der Waals surface area contributed by atoms with Crippen LogP contribution in [0.2, 0.25) is 0 Å². The Bertz CT molecular complexity index is 595. The van der Waals surface area contributed by atoms with Crippen LogP contribution in [0.15, 0.2) is 28.8 Å². The molecular formula is C16H27IN6S. The average molecular weight is 462 g/mol. The second-order valence-electron chi connectivity index (χ2n) is 5.33. The third-order valence-corrected chi connectivity index (χ3v) is 4.53. The maximum absolute atomic E-state index is 4.61. The summed E-state index contributed by atoms with van der Waals surface area (Å²) in [6, 6.07) is 4.47. The molecule has 0 radical (unpaired) electrons. The molecule has 0 aliphatic heterocycles. The van der Waals surface area contributed by atoms with Gasteiger partial charge in [0.05, 0.1) is 6.04 Å². The third kappa shape index (κ3) is 6.39. The Kier molecular flexibility index (Phi) is 9.92. The van der Waals surface area contributed by atoms with E-state index in [1.165, 1.54) is 4.88 Å². The van der Waals surface area contributed by atoms with Crippen molar-refractivity contribution in [3.63, 3.8) is 0 Å². The van der Waals surface area contributed by atoms with Crippen molar-refractivity contribution in [2.24, 2.45) is 4.99 Å². The highest BCUT2D eigenvalue weighted by Crippen LogP contribution is 2.17. The van der Waals surface area contributed by atoms with Gasteiger partial charge in [-0.2, -0.15) is 0 Å². The molecule has 0 amide bonds. The van der Waals surface area contributed by atoms with Gasteiger partial charge in [-0.15, -0.1) is 45.5 Å². The van der Waals surface area contributed by atoms with Crippen LogP contribution < -0.4 is 10.6 Å². The molecule has 0 aromatic carbocycles. The lowest BCUT2D eigenvalue weighted by Crippen LogP contribution is -2.40. The summed E-state index contributed by atoms with van der Waals surface area (Å²) in [6.07, 6.45) is 3.71. The number of nitrogens with one attached hydrogen (secondary N) is 2. The predicted molar refractivity (Wildman–Crippen MR) is 111 cm³/mol. The maximum atomic E-state index is 4.61. The number of aryl methyl sites for hydroxylation is 1. The number of halogens is 1. The van der Waals surface area contributed by atoms with Gasteiger partial charge >= 0.3 is 0 Å². The number of hydrogen-bond acceptors (Lipinski definition) is 4. The molecule has 2 heterocycles. The van der Waals surface area contributed by atoms with E-state index >= 15 is 0 Å². The van der Waals surface area contributed by atoms with E-state index in [9.17, 15) is 0 Å². The molecule has 0 spiro atoms. The fourth-order valence-corrected chi connectivity index (χ4v) is 2.96. The van der Waals surface area contributed by atoms with E-state index in [1.807, 2.05) is 0 Å². The van der Waals surface area contributed by atoms with Gasteiger partial charge in [-0.1, -0.05) is 19.9 Å².